The van der Waals surface area contributed by atoms with Crippen molar-refractivity contribution in [1.82, 2.24) is 0 Å². The van der Waals surface area contributed by atoms with Crippen molar-refractivity contribution in [1.29, 1.82) is 0 Å². The summed E-state index contributed by atoms with van der Waals surface area (Å²) in [6, 6.07) is 100. The summed E-state index contributed by atoms with van der Waals surface area (Å²) >= 11 is 0. The van der Waals surface area contributed by atoms with Crippen LogP contribution in [0.1, 0.15) is 0 Å². The minimum absolute atomic E-state index is 0.816. The molecule has 0 aliphatic rings. The Balaban J connectivity index is 1.04. The quantitative estimate of drug-likeness (QED) is 0.136. The normalized spacial score (nSPS) is 11.4. The fourth-order valence-corrected chi connectivity index (χ4v) is 10.4. The lowest BCUT2D eigenvalue weighted by Crippen LogP contribution is -2.11. The summed E-state index contributed by atoms with van der Waals surface area (Å²) in [5.41, 5.74) is 17.2. The van der Waals surface area contributed by atoms with Crippen LogP contribution in [0.15, 0.2) is 283 Å². The molecule has 0 bridgehead atoms. The first kappa shape index (κ1) is 41.7. The molecule has 0 aliphatic heterocycles. The van der Waals surface area contributed by atoms with Gasteiger partial charge >= 0.3 is 0 Å². The number of benzene rings is 12. The van der Waals surface area contributed by atoms with Crippen LogP contribution in [-0.2, 0) is 0 Å². The molecule has 0 N–H and O–H groups in total. The highest BCUT2D eigenvalue weighted by Crippen LogP contribution is 2.51. The Morgan fingerprint density at radius 3 is 1.01 bits per heavy atom. The first-order valence-corrected chi connectivity index (χ1v) is 24.2. The highest BCUT2D eigenvalue weighted by atomic mass is 16.3. The Morgan fingerprint density at radius 1 is 0.254 bits per heavy atom. The van der Waals surface area contributed by atoms with Crippen LogP contribution >= 0.6 is 0 Å². The molecule has 0 saturated carbocycles. The molecule has 71 heavy (non-hydrogen) atoms. The van der Waals surface area contributed by atoms with Gasteiger partial charge in [-0.3, -0.25) is 0 Å². The predicted octanol–water partition coefficient (Wildman–Crippen LogP) is 19.5. The van der Waals surface area contributed by atoms with E-state index in [1.807, 2.05) is 0 Å². The Kier molecular flexibility index (Phi) is 10.5. The lowest BCUT2D eigenvalue weighted by atomic mass is 9.97. The number of hydrogen-bond acceptors (Lipinski definition) is 3. The van der Waals surface area contributed by atoms with Gasteiger partial charge in [0.1, 0.15) is 5.58 Å². The Hall–Kier alpha value is -9.44. The zero-order valence-corrected chi connectivity index (χ0v) is 38.9. The van der Waals surface area contributed by atoms with Gasteiger partial charge in [0.2, 0.25) is 0 Å². The molecular formula is C68H46N2O. The van der Waals surface area contributed by atoms with Gasteiger partial charge in [-0.25, -0.2) is 0 Å². The standard InChI is InChI=1S/C68H46N2O/c1-5-17-47(18-6-1)51-29-37-56(38-30-51)69(57-39-31-52(32-40-57)48-19-7-2-8-20-48)64-46-65-66(62-28-16-15-27-61(62)64)63-45-55-25-13-14-26-60(55)67(68(63)71-65)70(58-41-33-53(34-42-58)49-21-9-3-10-22-49)59-43-35-54(36-44-59)50-23-11-4-12-24-50/h1-46H. The average molecular weight is 907 g/mol. The van der Waals surface area contributed by atoms with Crippen LogP contribution in [0.3, 0.4) is 0 Å². The lowest BCUT2D eigenvalue weighted by molar-refractivity contribution is 0.670. The predicted molar refractivity (Wildman–Crippen MR) is 300 cm³/mol. The minimum atomic E-state index is 0.816. The van der Waals surface area contributed by atoms with Crippen molar-refractivity contribution in [2.24, 2.45) is 0 Å². The molecule has 12 aromatic carbocycles. The van der Waals surface area contributed by atoms with Crippen LogP contribution in [-0.4, -0.2) is 0 Å². The van der Waals surface area contributed by atoms with E-state index in [-0.39, 0.29) is 0 Å². The molecule has 13 rings (SSSR count). The van der Waals surface area contributed by atoms with Gasteiger partial charge in [0.25, 0.3) is 0 Å². The van der Waals surface area contributed by atoms with E-state index in [9.17, 15) is 0 Å². The maximum atomic E-state index is 7.46. The second-order valence-electron chi connectivity index (χ2n) is 18.1. The Labute approximate surface area is 413 Å². The van der Waals surface area contributed by atoms with Gasteiger partial charge in [0, 0.05) is 50.4 Å². The summed E-state index contributed by atoms with van der Waals surface area (Å²) in [5, 5.41) is 6.63. The van der Waals surface area contributed by atoms with Crippen LogP contribution in [0, 0.1) is 0 Å². The maximum absolute atomic E-state index is 7.46. The second-order valence-corrected chi connectivity index (χ2v) is 18.1. The van der Waals surface area contributed by atoms with E-state index in [0.29, 0.717) is 0 Å². The van der Waals surface area contributed by atoms with E-state index in [0.717, 1.165) is 88.7 Å². The summed E-state index contributed by atoms with van der Waals surface area (Å²) in [5.74, 6) is 0. The molecule has 0 atom stereocenters. The molecule has 0 aliphatic carbocycles. The van der Waals surface area contributed by atoms with Crippen LogP contribution in [0.4, 0.5) is 34.1 Å². The molecule has 334 valence electrons. The largest absolute Gasteiger partial charge is 0.454 e. The van der Waals surface area contributed by atoms with E-state index in [1.54, 1.807) is 0 Å². The van der Waals surface area contributed by atoms with Gasteiger partial charge in [-0.15, -0.1) is 0 Å². The van der Waals surface area contributed by atoms with Crippen molar-refractivity contribution in [3.8, 4) is 44.5 Å². The van der Waals surface area contributed by atoms with Crippen LogP contribution in [0.25, 0.3) is 88.0 Å². The monoisotopic (exact) mass is 906 g/mol. The third kappa shape index (κ3) is 7.67. The lowest BCUT2D eigenvalue weighted by Gasteiger charge is -2.27. The number of rotatable bonds is 10. The molecule has 0 amide bonds. The fraction of sp³-hybridized carbons (Fsp3) is 0. The van der Waals surface area contributed by atoms with Crippen molar-refractivity contribution < 1.29 is 4.42 Å². The first-order valence-electron chi connectivity index (χ1n) is 24.2. The smallest absolute Gasteiger partial charge is 0.160 e. The number of fused-ring (bicyclic) bond motifs is 6. The average Bonchev–Trinajstić information content (AvgIpc) is 3.83. The SMILES string of the molecule is c1ccc(-c2ccc(N(c3ccc(-c4ccccc4)cc3)c3cc4oc5c(N(c6ccc(-c7ccccc7)cc6)c6ccc(-c7ccccc7)cc6)c6ccccc6cc5c4c4ccccc34)cc2)cc1. The van der Waals surface area contributed by atoms with Crippen LogP contribution in [0.5, 0.6) is 0 Å². The van der Waals surface area contributed by atoms with E-state index in [2.05, 4.69) is 289 Å². The van der Waals surface area contributed by atoms with E-state index in [4.69, 9.17) is 4.42 Å². The summed E-state index contributed by atoms with van der Waals surface area (Å²) in [6.07, 6.45) is 0. The fourth-order valence-electron chi connectivity index (χ4n) is 10.4. The molecule has 1 aromatic heterocycles. The van der Waals surface area contributed by atoms with Gasteiger partial charge in [-0.1, -0.05) is 218 Å². The van der Waals surface area contributed by atoms with E-state index >= 15 is 0 Å². The highest BCUT2D eigenvalue weighted by molar-refractivity contribution is 6.27. The molecule has 0 spiro atoms. The van der Waals surface area contributed by atoms with Crippen molar-refractivity contribution >= 4 is 77.6 Å². The number of nitrogens with zero attached hydrogens (tertiary/aromatic N) is 2. The zero-order chi connectivity index (χ0) is 47.1. The van der Waals surface area contributed by atoms with Crippen molar-refractivity contribution in [2.75, 3.05) is 9.80 Å². The van der Waals surface area contributed by atoms with E-state index in [1.165, 1.54) is 33.4 Å². The third-order valence-corrected chi connectivity index (χ3v) is 13.8. The molecule has 3 nitrogen and oxygen atoms in total. The van der Waals surface area contributed by atoms with Gasteiger partial charge in [0.05, 0.1) is 11.4 Å². The Bertz CT molecular complexity index is 3820. The molecule has 1 heterocycles. The summed E-state index contributed by atoms with van der Waals surface area (Å²) < 4.78 is 7.46. The molecule has 3 heteroatoms. The molecule has 0 fully saturated rings. The summed E-state index contributed by atoms with van der Waals surface area (Å²) in [6.45, 7) is 0. The molecular weight excluding hydrogens is 861 g/mol. The zero-order valence-electron chi connectivity index (χ0n) is 38.9. The highest BCUT2D eigenvalue weighted by Gasteiger charge is 2.26. The number of hydrogen-bond donors (Lipinski definition) is 0. The summed E-state index contributed by atoms with van der Waals surface area (Å²) in [4.78, 5) is 4.76. The van der Waals surface area contributed by atoms with Crippen LogP contribution in [0.2, 0.25) is 0 Å². The molecule has 13 aromatic rings. The first-order chi connectivity index (χ1) is 35.2. The summed E-state index contributed by atoms with van der Waals surface area (Å²) in [7, 11) is 0. The van der Waals surface area contributed by atoms with Crippen molar-refractivity contribution in [3.63, 3.8) is 0 Å². The van der Waals surface area contributed by atoms with Gasteiger partial charge in [-0.2, -0.15) is 0 Å². The molecule has 0 radical (unpaired) electrons. The number of furan rings is 1. The third-order valence-electron chi connectivity index (χ3n) is 13.8. The maximum Gasteiger partial charge on any atom is 0.160 e. The molecule has 0 unspecified atom stereocenters. The molecule has 0 saturated heterocycles. The van der Waals surface area contributed by atoms with Crippen LogP contribution < -0.4 is 9.80 Å². The topological polar surface area (TPSA) is 19.6 Å². The number of anilines is 6. The van der Waals surface area contributed by atoms with Gasteiger partial charge < -0.3 is 14.2 Å². The van der Waals surface area contributed by atoms with Crippen molar-refractivity contribution in [2.45, 2.75) is 0 Å². The second kappa shape index (κ2) is 17.9. The van der Waals surface area contributed by atoms with Crippen molar-refractivity contribution in [3.05, 3.63) is 279 Å². The van der Waals surface area contributed by atoms with E-state index < -0.39 is 0 Å². The van der Waals surface area contributed by atoms with Gasteiger partial charge in [0.15, 0.2) is 5.58 Å². The minimum Gasteiger partial charge on any atom is -0.454 e. The Morgan fingerprint density at radius 2 is 0.592 bits per heavy atom. The van der Waals surface area contributed by atoms with Gasteiger partial charge in [-0.05, 0) is 110 Å².